The molecule has 0 spiro atoms. The molecule has 0 unspecified atom stereocenters. The molecule has 0 radical (unpaired) electrons. The Morgan fingerprint density at radius 3 is 2.58 bits per heavy atom. The van der Waals surface area contributed by atoms with Crippen molar-refractivity contribution in [1.82, 2.24) is 9.97 Å². The smallest absolute Gasteiger partial charge is 0.342 e. The number of amides is 1. The van der Waals surface area contributed by atoms with Crippen molar-refractivity contribution in [2.45, 2.75) is 57.6 Å². The second kappa shape index (κ2) is 9.82. The molecule has 1 aliphatic carbocycles. The van der Waals surface area contributed by atoms with Crippen LogP contribution < -0.4 is 19.9 Å². The zero-order valence-electron chi connectivity index (χ0n) is 20.5. The van der Waals surface area contributed by atoms with Gasteiger partial charge in [-0.15, -0.1) is 0 Å². The quantitative estimate of drug-likeness (QED) is 0.579. The van der Waals surface area contributed by atoms with Crippen molar-refractivity contribution < 1.29 is 32.2 Å². The summed E-state index contributed by atoms with van der Waals surface area (Å²) in [4.78, 5) is 35.4. The Morgan fingerprint density at radius 2 is 1.94 bits per heavy atom. The van der Waals surface area contributed by atoms with E-state index in [9.17, 15) is 22.8 Å². The summed E-state index contributed by atoms with van der Waals surface area (Å²) in [6.07, 6.45) is 4.16. The molecule has 0 saturated heterocycles. The Balaban J connectivity index is 1.76. The van der Waals surface area contributed by atoms with Gasteiger partial charge < -0.3 is 24.6 Å². The molecule has 1 N–H and O–H groups in total. The topological polar surface area (TPSA) is 96.9 Å². The molecular weight excluding hydrogens is 479 g/mol. The number of nitrogens with one attached hydrogen (secondary N) is 1. The molecule has 194 valence electrons. The van der Waals surface area contributed by atoms with Crippen molar-refractivity contribution in [3.05, 3.63) is 29.7 Å². The minimum absolute atomic E-state index is 0.0124. The molecule has 2 heterocycles. The number of hydrogen-bond donors (Lipinski definition) is 1. The number of methoxy groups -OCH3 is 1. The number of hydrogen-bond acceptors (Lipinski definition) is 8. The summed E-state index contributed by atoms with van der Waals surface area (Å²) in [5.74, 6) is -6.33. The van der Waals surface area contributed by atoms with Crippen LogP contribution in [0.3, 0.4) is 0 Å². The predicted molar refractivity (Wildman–Crippen MR) is 127 cm³/mol. The number of alkyl halides is 2. The number of benzene rings is 1. The van der Waals surface area contributed by atoms with Crippen LogP contribution in [-0.4, -0.2) is 60.6 Å². The summed E-state index contributed by atoms with van der Waals surface area (Å²) in [5, 5.41) is 2.87. The highest BCUT2D eigenvalue weighted by atomic mass is 19.3. The summed E-state index contributed by atoms with van der Waals surface area (Å²) in [6.45, 7) is 2.72. The Bertz CT molecular complexity index is 1170. The van der Waals surface area contributed by atoms with E-state index in [4.69, 9.17) is 4.74 Å². The van der Waals surface area contributed by atoms with Gasteiger partial charge in [-0.05, 0) is 32.8 Å². The molecule has 1 aliphatic heterocycles. The molecule has 9 nitrogen and oxygen atoms in total. The number of fused-ring (bicyclic) bond motifs is 1. The minimum atomic E-state index is -3.60. The lowest BCUT2D eigenvalue weighted by Gasteiger charge is -2.31. The lowest BCUT2D eigenvalue weighted by atomic mass is 10.1. The molecule has 12 heteroatoms. The van der Waals surface area contributed by atoms with Crippen LogP contribution in [0.25, 0.3) is 0 Å². The van der Waals surface area contributed by atoms with Crippen molar-refractivity contribution in [3.8, 4) is 5.75 Å². The molecule has 2 aromatic rings. The molecule has 0 bridgehead atoms. The second-order valence-corrected chi connectivity index (χ2v) is 9.15. The fourth-order valence-electron chi connectivity index (χ4n) is 4.49. The van der Waals surface area contributed by atoms with Crippen LogP contribution in [0.2, 0.25) is 0 Å². The second-order valence-electron chi connectivity index (χ2n) is 9.15. The molecule has 1 aromatic carbocycles. The van der Waals surface area contributed by atoms with Crippen LogP contribution in [0.4, 0.5) is 36.3 Å². The molecule has 1 aromatic heterocycles. The van der Waals surface area contributed by atoms with E-state index in [0.717, 1.165) is 30.9 Å². The zero-order chi connectivity index (χ0) is 26.2. The summed E-state index contributed by atoms with van der Waals surface area (Å²) >= 11 is 0. The van der Waals surface area contributed by atoms with Gasteiger partial charge in [0.05, 0.1) is 37.2 Å². The van der Waals surface area contributed by atoms with E-state index in [1.54, 1.807) is 13.8 Å². The third-order valence-corrected chi connectivity index (χ3v) is 6.22. The SMILES string of the molecule is COC(=O)c1cc(OC(C)C)c(Nc2ncc3c(n2)N(C2CCCC2)CC(F)(F)C(=O)N3C)cc1F. The van der Waals surface area contributed by atoms with Gasteiger partial charge in [-0.25, -0.2) is 14.2 Å². The van der Waals surface area contributed by atoms with Crippen molar-refractivity contribution in [2.75, 3.05) is 35.8 Å². The largest absolute Gasteiger partial charge is 0.489 e. The van der Waals surface area contributed by atoms with E-state index in [-0.39, 0.29) is 46.6 Å². The highest BCUT2D eigenvalue weighted by molar-refractivity contribution is 6.02. The first-order chi connectivity index (χ1) is 17.0. The molecule has 2 aliphatic rings. The molecule has 0 atom stereocenters. The number of ether oxygens (including phenoxy) is 2. The molecule has 1 amide bonds. The third-order valence-electron chi connectivity index (χ3n) is 6.22. The van der Waals surface area contributed by atoms with Gasteiger partial charge in [0.1, 0.15) is 17.3 Å². The number of halogens is 3. The van der Waals surface area contributed by atoms with Gasteiger partial charge in [-0.3, -0.25) is 4.79 Å². The number of esters is 1. The lowest BCUT2D eigenvalue weighted by molar-refractivity contribution is -0.140. The number of nitrogens with zero attached hydrogens (tertiary/aromatic N) is 4. The van der Waals surface area contributed by atoms with Crippen molar-refractivity contribution in [1.29, 1.82) is 0 Å². The summed E-state index contributed by atoms with van der Waals surface area (Å²) in [6, 6.07) is 2.07. The minimum Gasteiger partial charge on any atom is -0.489 e. The fraction of sp³-hybridized carbons (Fsp3) is 0.500. The van der Waals surface area contributed by atoms with Gasteiger partial charge >= 0.3 is 11.9 Å². The van der Waals surface area contributed by atoms with Gasteiger partial charge in [0, 0.05) is 19.2 Å². The van der Waals surface area contributed by atoms with Gasteiger partial charge in [0.15, 0.2) is 5.82 Å². The number of rotatable bonds is 6. The van der Waals surface area contributed by atoms with E-state index in [2.05, 4.69) is 20.0 Å². The number of aromatic nitrogens is 2. The maximum absolute atomic E-state index is 14.8. The first-order valence-corrected chi connectivity index (χ1v) is 11.7. The van der Waals surface area contributed by atoms with Crippen molar-refractivity contribution in [3.63, 3.8) is 0 Å². The first kappa shape index (κ1) is 25.5. The monoisotopic (exact) mass is 507 g/mol. The summed E-state index contributed by atoms with van der Waals surface area (Å²) < 4.78 is 54.6. The molecular formula is C24H28F3N5O4. The number of carbonyl (C=O) groups is 2. The van der Waals surface area contributed by atoms with E-state index in [1.807, 2.05) is 0 Å². The lowest BCUT2D eigenvalue weighted by Crippen LogP contribution is -2.48. The van der Waals surface area contributed by atoms with Gasteiger partial charge in [0.2, 0.25) is 5.95 Å². The van der Waals surface area contributed by atoms with Gasteiger partial charge in [-0.1, -0.05) is 12.8 Å². The van der Waals surface area contributed by atoms with Gasteiger partial charge in [-0.2, -0.15) is 13.8 Å². The van der Waals surface area contributed by atoms with E-state index in [0.29, 0.717) is 12.8 Å². The van der Waals surface area contributed by atoms with E-state index < -0.39 is 30.2 Å². The Labute approximate surface area is 206 Å². The molecule has 4 rings (SSSR count). The Morgan fingerprint density at radius 1 is 1.25 bits per heavy atom. The summed E-state index contributed by atoms with van der Waals surface area (Å²) in [7, 11) is 2.40. The van der Waals surface area contributed by atoms with E-state index in [1.165, 1.54) is 24.2 Å². The highest BCUT2D eigenvalue weighted by Gasteiger charge is 2.48. The molecule has 1 fully saturated rings. The van der Waals surface area contributed by atoms with Crippen LogP contribution in [0.5, 0.6) is 5.75 Å². The normalized spacial score (nSPS) is 17.7. The molecule has 1 saturated carbocycles. The number of carbonyl (C=O) groups excluding carboxylic acids is 2. The van der Waals surface area contributed by atoms with Crippen LogP contribution in [-0.2, 0) is 9.53 Å². The van der Waals surface area contributed by atoms with Crippen molar-refractivity contribution in [2.24, 2.45) is 0 Å². The fourth-order valence-corrected chi connectivity index (χ4v) is 4.49. The zero-order valence-corrected chi connectivity index (χ0v) is 20.5. The maximum Gasteiger partial charge on any atom is 0.342 e. The van der Waals surface area contributed by atoms with Crippen LogP contribution in [0.15, 0.2) is 18.3 Å². The van der Waals surface area contributed by atoms with E-state index >= 15 is 0 Å². The predicted octanol–water partition coefficient (Wildman–Crippen LogP) is 4.29. The first-order valence-electron chi connectivity index (χ1n) is 11.7. The van der Waals surface area contributed by atoms with Gasteiger partial charge in [0.25, 0.3) is 5.91 Å². The maximum atomic E-state index is 14.8. The van der Waals surface area contributed by atoms with Crippen LogP contribution in [0, 0.1) is 5.82 Å². The van der Waals surface area contributed by atoms with Crippen LogP contribution >= 0.6 is 0 Å². The average Bonchev–Trinajstić information content (AvgIpc) is 3.35. The number of anilines is 4. The van der Waals surface area contributed by atoms with Crippen molar-refractivity contribution >= 4 is 35.0 Å². The Hall–Kier alpha value is -3.57. The Kier molecular flexibility index (Phi) is 6.96. The van der Waals surface area contributed by atoms with Crippen LogP contribution in [0.1, 0.15) is 49.9 Å². The standard InChI is InChI=1S/C24H28F3N5O4/c1-13(2)36-19-9-15(21(33)35-4)16(25)10-17(19)29-23-28-11-18-20(30-23)32(14-7-5-6-8-14)12-24(26,27)22(34)31(18)3/h9-11,13-14H,5-8,12H2,1-4H3,(H,28,29,30). The molecule has 36 heavy (non-hydrogen) atoms. The highest BCUT2D eigenvalue weighted by Crippen LogP contribution is 2.40. The third kappa shape index (κ3) is 4.89. The summed E-state index contributed by atoms with van der Waals surface area (Å²) in [5.41, 5.74) is -0.0265. The average molecular weight is 508 g/mol.